The molecular weight excluding hydrogens is 529 g/mol. The fourth-order valence-corrected chi connectivity index (χ4v) is 6.18. The van der Waals surface area contributed by atoms with E-state index in [2.05, 4.69) is 67.9 Å². The Hall–Kier alpha value is -3.98. The summed E-state index contributed by atoms with van der Waals surface area (Å²) in [5.41, 5.74) is 3.47. The molecule has 8 nitrogen and oxygen atoms in total. The number of likely N-dealkylation sites (N-methyl/N-ethyl adjacent to an activating group) is 1. The number of rotatable bonds is 8. The van der Waals surface area contributed by atoms with Gasteiger partial charge in [-0.05, 0) is 69.5 Å². The van der Waals surface area contributed by atoms with E-state index in [1.54, 1.807) is 0 Å². The van der Waals surface area contributed by atoms with Crippen molar-refractivity contribution in [3.8, 4) is 0 Å². The highest BCUT2D eigenvalue weighted by atomic mass is 19.1. The Bertz CT molecular complexity index is 1420. The number of piperazine rings is 1. The zero-order valence-corrected chi connectivity index (χ0v) is 25.2. The maximum Gasteiger partial charge on any atom is 0.229 e. The van der Waals surface area contributed by atoms with Gasteiger partial charge in [-0.15, -0.1) is 0 Å². The van der Waals surface area contributed by atoms with Crippen LogP contribution in [0.1, 0.15) is 44.4 Å². The molecule has 4 atom stereocenters. The van der Waals surface area contributed by atoms with Crippen LogP contribution in [0.2, 0.25) is 0 Å². The predicted molar refractivity (Wildman–Crippen MR) is 168 cm³/mol. The minimum absolute atomic E-state index is 0.0523. The molecule has 0 saturated carbocycles. The number of benzene rings is 2. The van der Waals surface area contributed by atoms with Gasteiger partial charge < -0.3 is 25.8 Å². The van der Waals surface area contributed by atoms with Gasteiger partial charge in [-0.2, -0.15) is 4.98 Å². The van der Waals surface area contributed by atoms with Crippen LogP contribution in [-0.2, 0) is 4.79 Å². The Kier molecular flexibility index (Phi) is 8.77. The van der Waals surface area contributed by atoms with Crippen molar-refractivity contribution in [2.24, 2.45) is 11.8 Å². The number of carbonyl (C=O) groups is 1. The molecule has 2 aromatic carbocycles. The van der Waals surface area contributed by atoms with E-state index in [1.165, 1.54) is 11.9 Å². The first-order valence-corrected chi connectivity index (χ1v) is 14.8. The van der Waals surface area contributed by atoms with Crippen molar-refractivity contribution < 1.29 is 9.18 Å². The summed E-state index contributed by atoms with van der Waals surface area (Å²) in [6, 6.07) is 15.9. The molecule has 222 valence electrons. The molecule has 1 amide bonds. The van der Waals surface area contributed by atoms with E-state index >= 15 is 4.39 Å². The molecule has 5 rings (SSSR count). The highest BCUT2D eigenvalue weighted by Gasteiger charge is 2.44. The van der Waals surface area contributed by atoms with Crippen molar-refractivity contribution >= 4 is 29.0 Å². The average molecular weight is 572 g/mol. The zero-order valence-electron chi connectivity index (χ0n) is 25.2. The van der Waals surface area contributed by atoms with Gasteiger partial charge in [0.15, 0.2) is 11.6 Å². The first-order valence-electron chi connectivity index (χ1n) is 14.8. The maximum absolute atomic E-state index is 15.1. The highest BCUT2D eigenvalue weighted by molar-refractivity contribution is 5.82. The van der Waals surface area contributed by atoms with Crippen molar-refractivity contribution in [3.63, 3.8) is 0 Å². The third kappa shape index (κ3) is 6.57. The van der Waals surface area contributed by atoms with E-state index in [0.717, 1.165) is 43.0 Å². The van der Waals surface area contributed by atoms with Gasteiger partial charge in [-0.1, -0.05) is 49.4 Å². The Morgan fingerprint density at radius 2 is 1.86 bits per heavy atom. The van der Waals surface area contributed by atoms with Gasteiger partial charge in [0.25, 0.3) is 0 Å². The second kappa shape index (κ2) is 12.5. The first kappa shape index (κ1) is 29.5. The summed E-state index contributed by atoms with van der Waals surface area (Å²) in [5, 5.41) is 9.72. The standard InChI is InChI=1S/C33H42FN7O/c1-22-10-9-15-33(4,29(22)31(42)36-24(3)25-11-7-6-8-12-25)39-30-27(34)21-35-32(38-30)37-26-13-14-28(23(2)20-26)41-18-16-40(5)17-19-41/h6-14,20-22,24,29H,15-19H2,1-5H3,(H,36,42)(H2,35,37,38,39)/t22-,24?,29?,33-/m1/s1. The van der Waals surface area contributed by atoms with E-state index in [0.29, 0.717) is 6.42 Å². The second-order valence-corrected chi connectivity index (χ2v) is 12.0. The average Bonchev–Trinajstić information content (AvgIpc) is 2.96. The molecule has 3 aromatic rings. The fraction of sp³-hybridized carbons (Fsp3) is 0.424. The number of aromatic nitrogens is 2. The minimum atomic E-state index is -0.762. The number of anilines is 4. The number of halogens is 1. The number of amides is 1. The molecule has 3 N–H and O–H groups in total. The van der Waals surface area contributed by atoms with Crippen LogP contribution in [0.3, 0.4) is 0 Å². The molecule has 1 aliphatic carbocycles. The summed E-state index contributed by atoms with van der Waals surface area (Å²) < 4.78 is 15.1. The summed E-state index contributed by atoms with van der Waals surface area (Å²) in [5.74, 6) is -0.790. The quantitative estimate of drug-likeness (QED) is 0.300. The number of carbonyl (C=O) groups excluding carboxylic acids is 1. The highest BCUT2D eigenvalue weighted by Crippen LogP contribution is 2.37. The lowest BCUT2D eigenvalue weighted by atomic mass is 9.71. The molecule has 1 fully saturated rings. The molecule has 1 saturated heterocycles. The molecule has 2 unspecified atom stereocenters. The van der Waals surface area contributed by atoms with Crippen LogP contribution in [0.25, 0.3) is 0 Å². The molecule has 1 aromatic heterocycles. The molecular formula is C33H42FN7O. The Morgan fingerprint density at radius 1 is 1.12 bits per heavy atom. The van der Waals surface area contributed by atoms with Crippen LogP contribution in [-0.4, -0.2) is 59.5 Å². The molecule has 9 heteroatoms. The molecule has 0 radical (unpaired) electrons. The molecule has 2 aliphatic rings. The lowest BCUT2D eigenvalue weighted by Crippen LogP contribution is -2.54. The maximum atomic E-state index is 15.1. The lowest BCUT2D eigenvalue weighted by molar-refractivity contribution is -0.128. The van der Waals surface area contributed by atoms with Crippen molar-refractivity contribution in [2.45, 2.75) is 45.7 Å². The lowest BCUT2D eigenvalue weighted by Gasteiger charge is -2.42. The number of allylic oxidation sites excluding steroid dienone is 1. The van der Waals surface area contributed by atoms with Crippen molar-refractivity contribution in [2.75, 3.05) is 48.8 Å². The molecule has 1 aliphatic heterocycles. The largest absolute Gasteiger partial charge is 0.369 e. The number of hydrogen-bond donors (Lipinski definition) is 3. The Morgan fingerprint density at radius 3 is 2.57 bits per heavy atom. The predicted octanol–water partition coefficient (Wildman–Crippen LogP) is 5.68. The van der Waals surface area contributed by atoms with E-state index in [-0.39, 0.29) is 29.6 Å². The van der Waals surface area contributed by atoms with Gasteiger partial charge in [0, 0.05) is 37.6 Å². The van der Waals surface area contributed by atoms with Crippen LogP contribution < -0.4 is 20.9 Å². The van der Waals surface area contributed by atoms with Crippen LogP contribution in [0, 0.1) is 24.6 Å². The van der Waals surface area contributed by atoms with Gasteiger partial charge >= 0.3 is 0 Å². The van der Waals surface area contributed by atoms with E-state index < -0.39 is 17.3 Å². The summed E-state index contributed by atoms with van der Waals surface area (Å²) in [6.45, 7) is 12.1. The number of nitrogens with zero attached hydrogens (tertiary/aromatic N) is 4. The van der Waals surface area contributed by atoms with Gasteiger partial charge in [-0.3, -0.25) is 4.79 Å². The molecule has 2 heterocycles. The minimum Gasteiger partial charge on any atom is -0.369 e. The molecule has 0 bridgehead atoms. The number of hydrogen-bond acceptors (Lipinski definition) is 7. The van der Waals surface area contributed by atoms with Gasteiger partial charge in [-0.25, -0.2) is 9.37 Å². The normalized spacial score (nSPS) is 23.3. The van der Waals surface area contributed by atoms with Crippen LogP contribution in [0.5, 0.6) is 0 Å². The van der Waals surface area contributed by atoms with Crippen molar-refractivity contribution in [1.82, 2.24) is 20.2 Å². The first-order chi connectivity index (χ1) is 20.1. The van der Waals surface area contributed by atoms with E-state index in [4.69, 9.17) is 0 Å². The second-order valence-electron chi connectivity index (χ2n) is 12.0. The summed E-state index contributed by atoms with van der Waals surface area (Å²) in [6.07, 6.45) is 5.82. The summed E-state index contributed by atoms with van der Waals surface area (Å²) in [4.78, 5) is 27.1. The van der Waals surface area contributed by atoms with Gasteiger partial charge in [0.05, 0.1) is 23.7 Å². The summed E-state index contributed by atoms with van der Waals surface area (Å²) in [7, 11) is 2.15. The van der Waals surface area contributed by atoms with Crippen LogP contribution >= 0.6 is 0 Å². The number of aryl methyl sites for hydroxylation is 1. The van der Waals surface area contributed by atoms with Crippen LogP contribution in [0.15, 0.2) is 66.9 Å². The molecule has 0 spiro atoms. The zero-order chi connectivity index (χ0) is 29.9. The topological polar surface area (TPSA) is 85.4 Å². The van der Waals surface area contributed by atoms with E-state index in [1.807, 2.05) is 63.2 Å². The fourth-order valence-electron chi connectivity index (χ4n) is 6.18. The van der Waals surface area contributed by atoms with Gasteiger partial charge in [0.1, 0.15) is 0 Å². The van der Waals surface area contributed by atoms with Crippen LogP contribution in [0.4, 0.5) is 27.5 Å². The number of nitrogens with one attached hydrogen (secondary N) is 3. The SMILES string of the molecule is Cc1cc(Nc2ncc(F)c(N[C@]3(C)CC=C[C@@H](C)C3C(=O)NC(C)c3ccccc3)n2)ccc1N1CCN(C)CC1. The third-order valence-corrected chi connectivity index (χ3v) is 8.58. The van der Waals surface area contributed by atoms with E-state index in [9.17, 15) is 4.79 Å². The smallest absolute Gasteiger partial charge is 0.229 e. The third-order valence-electron chi connectivity index (χ3n) is 8.58. The summed E-state index contributed by atoms with van der Waals surface area (Å²) >= 11 is 0. The van der Waals surface area contributed by atoms with Crippen molar-refractivity contribution in [3.05, 3.63) is 83.8 Å². The monoisotopic (exact) mass is 571 g/mol. The Labute approximate surface area is 248 Å². The molecule has 42 heavy (non-hydrogen) atoms. The van der Waals surface area contributed by atoms with Crippen molar-refractivity contribution in [1.29, 1.82) is 0 Å². The van der Waals surface area contributed by atoms with Gasteiger partial charge in [0.2, 0.25) is 11.9 Å². The Balaban J connectivity index is 1.32.